The number of carbonyl (C=O) groups is 1. The molecule has 2 rings (SSSR count). The number of carbonyl (C=O) groups excluding carboxylic acids is 1. The van der Waals surface area contributed by atoms with Gasteiger partial charge in [-0.05, 0) is 24.1 Å². The number of benzene rings is 2. The molecule has 3 N–H and O–H groups in total. The van der Waals surface area contributed by atoms with Crippen LogP contribution in [0.3, 0.4) is 0 Å². The molecule has 0 aliphatic rings. The summed E-state index contributed by atoms with van der Waals surface area (Å²) in [4.78, 5) is 12.2. The molecule has 1 atom stereocenters. The normalized spacial score (nSPS) is 11.9. The van der Waals surface area contributed by atoms with Crippen LogP contribution in [0.5, 0.6) is 11.5 Å². The fourth-order valence-corrected chi connectivity index (χ4v) is 2.30. The molecule has 0 aromatic heterocycles. The molecule has 1 unspecified atom stereocenters. The Morgan fingerprint density at radius 3 is 2.58 bits per heavy atom. The third-order valence-corrected chi connectivity index (χ3v) is 3.62. The summed E-state index contributed by atoms with van der Waals surface area (Å²) in [6.07, 6.45) is 0.792. The Balaban J connectivity index is 2.06. The van der Waals surface area contributed by atoms with E-state index < -0.39 is 18.6 Å². The van der Waals surface area contributed by atoms with E-state index in [2.05, 4.69) is 10.1 Å². The minimum absolute atomic E-state index is 0.00940. The number of ether oxygens (including phenoxy) is 2. The summed E-state index contributed by atoms with van der Waals surface area (Å²) in [5.74, 6) is -0.0220. The molecule has 0 spiro atoms. The summed E-state index contributed by atoms with van der Waals surface area (Å²) >= 11 is 0. The zero-order valence-corrected chi connectivity index (χ0v) is 14.5. The first-order valence-corrected chi connectivity index (χ1v) is 8.30. The maximum Gasteiger partial charge on any atom is 0.387 e. The Morgan fingerprint density at radius 1 is 1.19 bits per heavy atom. The first-order valence-electron chi connectivity index (χ1n) is 8.30. The maximum absolute atomic E-state index is 12.7. The zero-order chi connectivity index (χ0) is 18.9. The van der Waals surface area contributed by atoms with Gasteiger partial charge in [-0.2, -0.15) is 8.78 Å². The highest BCUT2D eigenvalue weighted by Crippen LogP contribution is 2.27. The van der Waals surface area contributed by atoms with Crippen molar-refractivity contribution in [3.05, 3.63) is 59.7 Å². The van der Waals surface area contributed by atoms with Crippen LogP contribution < -0.4 is 20.5 Å². The molecule has 0 aliphatic carbocycles. The lowest BCUT2D eigenvalue weighted by Crippen LogP contribution is -2.33. The molecule has 26 heavy (non-hydrogen) atoms. The van der Waals surface area contributed by atoms with E-state index >= 15 is 0 Å². The lowest BCUT2D eigenvalue weighted by atomic mass is 10.1. The quantitative estimate of drug-likeness (QED) is 0.715. The van der Waals surface area contributed by atoms with E-state index in [0.29, 0.717) is 23.5 Å². The van der Waals surface area contributed by atoms with Crippen LogP contribution >= 0.6 is 0 Å². The first kappa shape index (κ1) is 19.7. The average Bonchev–Trinajstić information content (AvgIpc) is 2.65. The first-order chi connectivity index (χ1) is 12.5. The second-order valence-corrected chi connectivity index (χ2v) is 5.60. The summed E-state index contributed by atoms with van der Waals surface area (Å²) in [5.41, 5.74) is 6.99. The summed E-state index contributed by atoms with van der Waals surface area (Å²) in [7, 11) is 0. The molecular weight excluding hydrogens is 342 g/mol. The van der Waals surface area contributed by atoms with Gasteiger partial charge in [0.05, 0.1) is 6.61 Å². The molecule has 0 saturated carbocycles. The van der Waals surface area contributed by atoms with Crippen LogP contribution in [0.1, 0.15) is 30.5 Å². The van der Waals surface area contributed by atoms with Gasteiger partial charge in [0.1, 0.15) is 17.5 Å². The number of halogens is 2. The van der Waals surface area contributed by atoms with E-state index in [1.54, 1.807) is 36.4 Å². The highest BCUT2D eigenvalue weighted by Gasteiger charge is 2.17. The van der Waals surface area contributed by atoms with Crippen LogP contribution in [0.15, 0.2) is 48.5 Å². The van der Waals surface area contributed by atoms with Crippen molar-refractivity contribution in [2.45, 2.75) is 32.5 Å². The topological polar surface area (TPSA) is 73.6 Å². The van der Waals surface area contributed by atoms with Crippen LogP contribution in [0.2, 0.25) is 0 Å². The Hall–Kier alpha value is -2.67. The van der Waals surface area contributed by atoms with E-state index in [1.165, 1.54) is 6.07 Å². The van der Waals surface area contributed by atoms with Crippen LogP contribution in [-0.4, -0.2) is 19.1 Å². The predicted molar refractivity (Wildman–Crippen MR) is 94.1 cm³/mol. The van der Waals surface area contributed by atoms with E-state index in [9.17, 15) is 13.6 Å². The summed E-state index contributed by atoms with van der Waals surface area (Å²) in [5, 5.41) is 2.64. The highest BCUT2D eigenvalue weighted by molar-refractivity contribution is 5.82. The third-order valence-electron chi connectivity index (χ3n) is 3.62. The van der Waals surface area contributed by atoms with E-state index in [1.807, 2.05) is 13.0 Å². The molecule has 0 bridgehead atoms. The van der Waals surface area contributed by atoms with Gasteiger partial charge in [0.2, 0.25) is 5.91 Å². The van der Waals surface area contributed by atoms with Crippen molar-refractivity contribution >= 4 is 5.91 Å². The van der Waals surface area contributed by atoms with Crippen molar-refractivity contribution < 1.29 is 23.0 Å². The number of hydrogen-bond donors (Lipinski definition) is 2. The molecule has 2 aromatic carbocycles. The lowest BCUT2D eigenvalue weighted by Gasteiger charge is -2.16. The number of rotatable bonds is 9. The molecule has 0 saturated heterocycles. The van der Waals surface area contributed by atoms with E-state index in [-0.39, 0.29) is 12.3 Å². The van der Waals surface area contributed by atoms with Crippen molar-refractivity contribution in [1.82, 2.24) is 5.32 Å². The molecule has 1 amide bonds. The largest absolute Gasteiger partial charge is 0.493 e. The van der Waals surface area contributed by atoms with E-state index in [4.69, 9.17) is 10.5 Å². The molecule has 2 aromatic rings. The third kappa shape index (κ3) is 5.70. The Bertz CT molecular complexity index is 711. The molecule has 7 heteroatoms. The van der Waals surface area contributed by atoms with Crippen LogP contribution in [0.4, 0.5) is 8.78 Å². The van der Waals surface area contributed by atoms with Gasteiger partial charge < -0.3 is 20.5 Å². The highest BCUT2D eigenvalue weighted by atomic mass is 19.3. The van der Waals surface area contributed by atoms with Crippen LogP contribution in [-0.2, 0) is 11.3 Å². The van der Waals surface area contributed by atoms with Crippen molar-refractivity contribution in [3.8, 4) is 11.5 Å². The van der Waals surface area contributed by atoms with Crippen molar-refractivity contribution in [2.75, 3.05) is 6.61 Å². The predicted octanol–water partition coefficient (Wildman–Crippen LogP) is 3.39. The molecule has 0 radical (unpaired) electrons. The molecule has 5 nitrogen and oxygen atoms in total. The minimum Gasteiger partial charge on any atom is -0.493 e. The SMILES string of the molecule is CCCOc1ccc(CNC(=O)C(N)c2ccccc2)c(OC(F)F)c1. The zero-order valence-electron chi connectivity index (χ0n) is 14.5. The van der Waals surface area contributed by atoms with Gasteiger partial charge in [-0.25, -0.2) is 0 Å². The van der Waals surface area contributed by atoms with Crippen molar-refractivity contribution in [1.29, 1.82) is 0 Å². The molecule has 140 valence electrons. The standard InChI is InChI=1S/C19H22F2N2O3/c1-2-10-25-15-9-8-14(16(11-15)26-19(20)21)12-23-18(24)17(22)13-6-4-3-5-7-13/h3-9,11,17,19H,2,10,12,22H2,1H3,(H,23,24). The van der Waals surface area contributed by atoms with Crippen LogP contribution in [0.25, 0.3) is 0 Å². The van der Waals surface area contributed by atoms with Gasteiger partial charge in [0.25, 0.3) is 0 Å². The Kier molecular flexibility index (Phi) is 7.35. The smallest absolute Gasteiger partial charge is 0.387 e. The van der Waals surface area contributed by atoms with Gasteiger partial charge >= 0.3 is 6.61 Å². The summed E-state index contributed by atoms with van der Waals surface area (Å²) in [6, 6.07) is 12.7. The maximum atomic E-state index is 12.7. The summed E-state index contributed by atoms with van der Waals surface area (Å²) in [6.45, 7) is -0.556. The Morgan fingerprint density at radius 2 is 1.92 bits per heavy atom. The molecule has 0 aliphatic heterocycles. The number of hydrogen-bond acceptors (Lipinski definition) is 4. The van der Waals surface area contributed by atoms with Gasteiger partial charge in [0.15, 0.2) is 0 Å². The molecule has 0 heterocycles. The molecule has 0 fully saturated rings. The lowest BCUT2D eigenvalue weighted by molar-refractivity contribution is -0.122. The number of alkyl halides is 2. The van der Waals surface area contributed by atoms with Gasteiger partial charge in [-0.15, -0.1) is 0 Å². The second-order valence-electron chi connectivity index (χ2n) is 5.60. The van der Waals surface area contributed by atoms with Gasteiger partial charge in [-0.1, -0.05) is 37.3 Å². The second kappa shape index (κ2) is 9.72. The van der Waals surface area contributed by atoms with Crippen LogP contribution in [0, 0.1) is 0 Å². The number of nitrogens with two attached hydrogens (primary N) is 1. The number of amides is 1. The minimum atomic E-state index is -2.97. The Labute approximate surface area is 151 Å². The summed E-state index contributed by atoms with van der Waals surface area (Å²) < 4.78 is 35.3. The van der Waals surface area contributed by atoms with Crippen molar-refractivity contribution in [2.24, 2.45) is 5.73 Å². The monoisotopic (exact) mass is 364 g/mol. The number of nitrogens with one attached hydrogen (secondary N) is 1. The van der Waals surface area contributed by atoms with Gasteiger partial charge in [0, 0.05) is 18.2 Å². The molecular formula is C19H22F2N2O3. The van der Waals surface area contributed by atoms with Crippen molar-refractivity contribution in [3.63, 3.8) is 0 Å². The average molecular weight is 364 g/mol. The van der Waals surface area contributed by atoms with E-state index in [0.717, 1.165) is 6.42 Å². The fraction of sp³-hybridized carbons (Fsp3) is 0.316. The van der Waals surface area contributed by atoms with Gasteiger partial charge in [-0.3, -0.25) is 4.79 Å². The fourth-order valence-electron chi connectivity index (χ4n) is 2.30.